The van der Waals surface area contributed by atoms with Crippen molar-refractivity contribution in [1.82, 2.24) is 10.3 Å². The lowest BCUT2D eigenvalue weighted by Crippen LogP contribution is -2.24. The Morgan fingerprint density at radius 1 is 1.24 bits per heavy atom. The van der Waals surface area contributed by atoms with Crippen LogP contribution in [-0.2, 0) is 17.8 Å². The second-order valence-corrected chi connectivity index (χ2v) is 5.59. The molecular weight excluding hydrogens is 284 g/mol. The Hall–Kier alpha value is -2.40. The first-order valence-electron chi connectivity index (χ1n) is 6.59. The van der Waals surface area contributed by atoms with Crippen molar-refractivity contribution in [2.24, 2.45) is 0 Å². The van der Waals surface area contributed by atoms with Gasteiger partial charge in [0.25, 0.3) is 0 Å². The van der Waals surface area contributed by atoms with Gasteiger partial charge in [0, 0.05) is 17.6 Å². The summed E-state index contributed by atoms with van der Waals surface area (Å²) in [5.74, 6) is 0.760. The van der Waals surface area contributed by atoms with Crippen molar-refractivity contribution < 1.29 is 9.21 Å². The standard InChI is InChI=1S/C16H14N2O2S/c19-16(9-13-3-2-8-21-13)18-11-12-5-6-14(17-10-12)15-4-1-7-20-15/h1-8,10H,9,11H2,(H,18,19). The lowest BCUT2D eigenvalue weighted by molar-refractivity contribution is -0.120. The first-order valence-corrected chi connectivity index (χ1v) is 7.47. The number of thiophene rings is 1. The zero-order valence-corrected chi connectivity index (χ0v) is 12.1. The molecule has 0 unspecified atom stereocenters. The fraction of sp³-hybridized carbons (Fsp3) is 0.125. The van der Waals surface area contributed by atoms with Gasteiger partial charge < -0.3 is 9.73 Å². The van der Waals surface area contributed by atoms with Crippen LogP contribution in [0.1, 0.15) is 10.4 Å². The number of hydrogen-bond donors (Lipinski definition) is 1. The maximum Gasteiger partial charge on any atom is 0.225 e. The van der Waals surface area contributed by atoms with Gasteiger partial charge >= 0.3 is 0 Å². The first-order chi connectivity index (χ1) is 10.3. The van der Waals surface area contributed by atoms with E-state index in [1.165, 1.54) is 0 Å². The maximum atomic E-state index is 11.8. The summed E-state index contributed by atoms with van der Waals surface area (Å²) in [6.45, 7) is 0.482. The van der Waals surface area contributed by atoms with Crippen molar-refractivity contribution in [3.63, 3.8) is 0 Å². The van der Waals surface area contributed by atoms with E-state index in [1.54, 1.807) is 23.8 Å². The van der Waals surface area contributed by atoms with Crippen LogP contribution in [-0.4, -0.2) is 10.9 Å². The van der Waals surface area contributed by atoms with E-state index in [0.29, 0.717) is 13.0 Å². The Balaban J connectivity index is 1.55. The summed E-state index contributed by atoms with van der Waals surface area (Å²) in [6.07, 6.45) is 3.80. The molecule has 0 aliphatic rings. The number of carbonyl (C=O) groups is 1. The normalized spacial score (nSPS) is 10.5. The summed E-state index contributed by atoms with van der Waals surface area (Å²) in [6, 6.07) is 11.4. The monoisotopic (exact) mass is 298 g/mol. The fourth-order valence-electron chi connectivity index (χ4n) is 1.93. The molecule has 0 aliphatic heterocycles. The molecule has 0 aliphatic carbocycles. The highest BCUT2D eigenvalue weighted by atomic mass is 32.1. The summed E-state index contributed by atoms with van der Waals surface area (Å²) in [4.78, 5) is 17.2. The van der Waals surface area contributed by atoms with E-state index in [4.69, 9.17) is 4.42 Å². The third-order valence-corrected chi connectivity index (χ3v) is 3.88. The van der Waals surface area contributed by atoms with Gasteiger partial charge in [0.05, 0.1) is 12.7 Å². The molecule has 1 N–H and O–H groups in total. The van der Waals surface area contributed by atoms with Gasteiger partial charge in [-0.15, -0.1) is 11.3 Å². The molecule has 21 heavy (non-hydrogen) atoms. The van der Waals surface area contributed by atoms with Gasteiger partial charge in [-0.25, -0.2) is 0 Å². The van der Waals surface area contributed by atoms with Crippen molar-refractivity contribution in [2.75, 3.05) is 0 Å². The second kappa shape index (κ2) is 6.37. The van der Waals surface area contributed by atoms with Crippen molar-refractivity contribution >= 4 is 17.2 Å². The minimum atomic E-state index is 0.0209. The average molecular weight is 298 g/mol. The molecular formula is C16H14N2O2S. The number of hydrogen-bond acceptors (Lipinski definition) is 4. The number of amides is 1. The largest absolute Gasteiger partial charge is 0.463 e. The van der Waals surface area contributed by atoms with Crippen LogP contribution < -0.4 is 5.32 Å². The number of carbonyl (C=O) groups excluding carboxylic acids is 1. The average Bonchev–Trinajstić information content (AvgIpc) is 3.19. The van der Waals surface area contributed by atoms with E-state index in [2.05, 4.69) is 10.3 Å². The third kappa shape index (κ3) is 3.58. The predicted octanol–water partition coefficient (Wildman–Crippen LogP) is 3.26. The zero-order chi connectivity index (χ0) is 14.5. The minimum Gasteiger partial charge on any atom is -0.463 e. The Morgan fingerprint density at radius 3 is 2.86 bits per heavy atom. The summed E-state index contributed by atoms with van der Waals surface area (Å²) in [7, 11) is 0. The van der Waals surface area contributed by atoms with E-state index in [-0.39, 0.29) is 5.91 Å². The molecule has 0 aromatic carbocycles. The van der Waals surface area contributed by atoms with E-state index >= 15 is 0 Å². The highest BCUT2D eigenvalue weighted by Gasteiger charge is 2.05. The third-order valence-electron chi connectivity index (χ3n) is 3.00. The van der Waals surface area contributed by atoms with Gasteiger partial charge in [0.2, 0.25) is 5.91 Å². The molecule has 0 atom stereocenters. The van der Waals surface area contributed by atoms with Crippen molar-refractivity contribution in [2.45, 2.75) is 13.0 Å². The number of nitrogens with zero attached hydrogens (tertiary/aromatic N) is 1. The molecule has 3 rings (SSSR count). The highest BCUT2D eigenvalue weighted by molar-refractivity contribution is 7.10. The van der Waals surface area contributed by atoms with Crippen LogP contribution in [0.3, 0.4) is 0 Å². The summed E-state index contributed by atoms with van der Waals surface area (Å²) >= 11 is 1.59. The molecule has 3 heterocycles. The van der Waals surface area contributed by atoms with Crippen molar-refractivity contribution in [3.8, 4) is 11.5 Å². The van der Waals surface area contributed by atoms with E-state index in [1.807, 2.05) is 41.8 Å². The number of pyridine rings is 1. The maximum absolute atomic E-state index is 11.8. The van der Waals surface area contributed by atoms with Crippen LogP contribution >= 0.6 is 11.3 Å². The smallest absolute Gasteiger partial charge is 0.225 e. The molecule has 0 saturated carbocycles. The van der Waals surface area contributed by atoms with Crippen LogP contribution in [0.15, 0.2) is 58.7 Å². The molecule has 0 spiro atoms. The van der Waals surface area contributed by atoms with Gasteiger partial charge in [-0.2, -0.15) is 0 Å². The molecule has 106 valence electrons. The van der Waals surface area contributed by atoms with Crippen LogP contribution in [0.2, 0.25) is 0 Å². The van der Waals surface area contributed by atoms with Crippen LogP contribution in [0.4, 0.5) is 0 Å². The van der Waals surface area contributed by atoms with Crippen LogP contribution in [0.25, 0.3) is 11.5 Å². The van der Waals surface area contributed by atoms with Crippen molar-refractivity contribution in [1.29, 1.82) is 0 Å². The van der Waals surface area contributed by atoms with Gasteiger partial charge in [-0.05, 0) is 35.2 Å². The Morgan fingerprint density at radius 2 is 2.19 bits per heavy atom. The first kappa shape index (κ1) is 13.6. The molecule has 4 nitrogen and oxygen atoms in total. The molecule has 0 fully saturated rings. The topological polar surface area (TPSA) is 55.1 Å². The molecule has 1 amide bonds. The summed E-state index contributed by atoms with van der Waals surface area (Å²) in [5, 5.41) is 4.87. The number of aromatic nitrogens is 1. The quantitative estimate of drug-likeness (QED) is 0.786. The number of nitrogens with one attached hydrogen (secondary N) is 1. The van der Waals surface area contributed by atoms with E-state index in [9.17, 15) is 4.79 Å². The Labute approximate surface area is 126 Å². The SMILES string of the molecule is O=C(Cc1cccs1)NCc1ccc(-c2ccco2)nc1. The molecule has 0 saturated heterocycles. The van der Waals surface area contributed by atoms with Gasteiger partial charge in [-0.1, -0.05) is 12.1 Å². The van der Waals surface area contributed by atoms with E-state index < -0.39 is 0 Å². The predicted molar refractivity (Wildman–Crippen MR) is 81.8 cm³/mol. The van der Waals surface area contributed by atoms with Gasteiger partial charge in [0.15, 0.2) is 5.76 Å². The number of rotatable bonds is 5. The highest BCUT2D eigenvalue weighted by Crippen LogP contribution is 2.17. The van der Waals surface area contributed by atoms with E-state index in [0.717, 1.165) is 21.9 Å². The van der Waals surface area contributed by atoms with Gasteiger partial charge in [-0.3, -0.25) is 9.78 Å². The van der Waals surface area contributed by atoms with Crippen LogP contribution in [0.5, 0.6) is 0 Å². The van der Waals surface area contributed by atoms with Gasteiger partial charge in [0.1, 0.15) is 5.69 Å². The minimum absolute atomic E-state index is 0.0209. The molecule has 5 heteroatoms. The van der Waals surface area contributed by atoms with Crippen LogP contribution in [0, 0.1) is 0 Å². The second-order valence-electron chi connectivity index (χ2n) is 4.56. The Bertz CT molecular complexity index is 688. The molecule has 0 bridgehead atoms. The molecule has 0 radical (unpaired) electrons. The zero-order valence-electron chi connectivity index (χ0n) is 11.3. The summed E-state index contributed by atoms with van der Waals surface area (Å²) in [5.41, 5.74) is 1.75. The molecule has 3 aromatic heterocycles. The Kier molecular flexibility index (Phi) is 4.12. The lowest BCUT2D eigenvalue weighted by Gasteiger charge is -2.05. The van der Waals surface area contributed by atoms with Crippen molar-refractivity contribution in [3.05, 3.63) is 64.7 Å². The summed E-state index contributed by atoms with van der Waals surface area (Å²) < 4.78 is 5.29. The lowest BCUT2D eigenvalue weighted by atomic mass is 10.2. The fourth-order valence-corrected chi connectivity index (χ4v) is 2.64. The number of furan rings is 1. The molecule has 3 aromatic rings.